The van der Waals surface area contributed by atoms with Crippen LogP contribution in [-0.4, -0.2) is 9.55 Å². The van der Waals surface area contributed by atoms with Crippen molar-refractivity contribution >= 4 is 54.4 Å². The fourth-order valence-corrected chi connectivity index (χ4v) is 6.81. The van der Waals surface area contributed by atoms with Gasteiger partial charge in [-0.3, -0.25) is 0 Å². The van der Waals surface area contributed by atoms with E-state index in [4.69, 9.17) is 0 Å². The van der Waals surface area contributed by atoms with E-state index in [1.165, 1.54) is 71.1 Å². The quantitative estimate of drug-likeness (QED) is 0.233. The number of fused-ring (bicyclic) bond motifs is 8. The number of aromatic amines is 1. The Morgan fingerprint density at radius 2 is 1.17 bits per heavy atom. The minimum Gasteiger partial charge on any atom is -0.354 e. The highest BCUT2D eigenvalue weighted by molar-refractivity contribution is 6.21. The molecule has 9 rings (SSSR count). The SMILES string of the molecule is c1ccc(-c2cccc(-n3c4ccccc4c4ccc(-c5cccc6[nH]c7c8ccccc8ccc7c56)cc43)c2)cc1. The van der Waals surface area contributed by atoms with Crippen LogP contribution in [0.4, 0.5) is 0 Å². The number of hydrogen-bond donors (Lipinski definition) is 1. The number of H-pyrrole nitrogens is 1. The molecular weight excluding hydrogens is 508 g/mol. The molecule has 0 bridgehead atoms. The molecule has 0 radical (unpaired) electrons. The monoisotopic (exact) mass is 534 g/mol. The Morgan fingerprint density at radius 3 is 2.10 bits per heavy atom. The summed E-state index contributed by atoms with van der Waals surface area (Å²) < 4.78 is 2.42. The van der Waals surface area contributed by atoms with E-state index in [0.717, 1.165) is 11.2 Å². The molecule has 2 aromatic heterocycles. The van der Waals surface area contributed by atoms with Crippen LogP contribution >= 0.6 is 0 Å². The van der Waals surface area contributed by atoms with Gasteiger partial charge in [-0.05, 0) is 58.0 Å². The van der Waals surface area contributed by atoms with Crippen molar-refractivity contribution in [2.24, 2.45) is 0 Å². The summed E-state index contributed by atoms with van der Waals surface area (Å²) >= 11 is 0. The van der Waals surface area contributed by atoms with Gasteiger partial charge in [-0.25, -0.2) is 0 Å². The summed E-state index contributed by atoms with van der Waals surface area (Å²) in [4.78, 5) is 3.74. The van der Waals surface area contributed by atoms with Crippen molar-refractivity contribution in [1.82, 2.24) is 9.55 Å². The molecule has 0 saturated heterocycles. The highest BCUT2D eigenvalue weighted by atomic mass is 15.0. The lowest BCUT2D eigenvalue weighted by atomic mass is 9.97. The zero-order chi connectivity index (χ0) is 27.6. The third-order valence-electron chi connectivity index (χ3n) is 8.72. The van der Waals surface area contributed by atoms with Crippen LogP contribution in [0.3, 0.4) is 0 Å². The van der Waals surface area contributed by atoms with E-state index in [-0.39, 0.29) is 0 Å². The Morgan fingerprint density at radius 1 is 0.429 bits per heavy atom. The summed E-state index contributed by atoms with van der Waals surface area (Å²) in [6.45, 7) is 0. The average molecular weight is 535 g/mol. The standard InChI is InChI=1S/C40H26N2/c1-2-10-26(11-3-1)28-13-8-14-30(24-28)42-37-19-7-6-16-33(37)34-22-21-29(25-38(34)42)31-17-9-18-36-39(31)35-23-20-27-12-4-5-15-32(27)40(35)41-36/h1-25,41H. The van der Waals surface area contributed by atoms with Crippen LogP contribution in [0.25, 0.3) is 82.3 Å². The summed E-state index contributed by atoms with van der Waals surface area (Å²) in [5, 5.41) is 7.56. The van der Waals surface area contributed by atoms with E-state index in [0.29, 0.717) is 0 Å². The summed E-state index contributed by atoms with van der Waals surface area (Å²) in [5.74, 6) is 0. The number of hydrogen-bond acceptors (Lipinski definition) is 0. The highest BCUT2D eigenvalue weighted by Crippen LogP contribution is 2.40. The molecule has 0 spiro atoms. The molecule has 1 N–H and O–H groups in total. The van der Waals surface area contributed by atoms with Gasteiger partial charge in [0.1, 0.15) is 0 Å². The molecule has 0 amide bonds. The molecule has 0 fully saturated rings. The first kappa shape index (κ1) is 23.1. The van der Waals surface area contributed by atoms with Crippen LogP contribution in [0.15, 0.2) is 152 Å². The third kappa shape index (κ3) is 3.39. The van der Waals surface area contributed by atoms with Crippen LogP contribution in [0.5, 0.6) is 0 Å². The molecule has 9 aromatic rings. The molecule has 42 heavy (non-hydrogen) atoms. The molecule has 7 aromatic carbocycles. The average Bonchev–Trinajstić information content (AvgIpc) is 3.61. The molecule has 2 nitrogen and oxygen atoms in total. The molecule has 2 heteroatoms. The number of nitrogens with one attached hydrogen (secondary N) is 1. The van der Waals surface area contributed by atoms with Crippen molar-refractivity contribution in [3.63, 3.8) is 0 Å². The van der Waals surface area contributed by atoms with Gasteiger partial charge in [-0.2, -0.15) is 0 Å². The van der Waals surface area contributed by atoms with Gasteiger partial charge in [0.2, 0.25) is 0 Å². The number of rotatable bonds is 3. The Kier molecular flexibility index (Phi) is 4.93. The van der Waals surface area contributed by atoms with Gasteiger partial charge >= 0.3 is 0 Å². The lowest BCUT2D eigenvalue weighted by molar-refractivity contribution is 1.18. The van der Waals surface area contributed by atoms with Gasteiger partial charge in [-0.1, -0.05) is 121 Å². The van der Waals surface area contributed by atoms with Gasteiger partial charge < -0.3 is 9.55 Å². The number of aromatic nitrogens is 2. The van der Waals surface area contributed by atoms with Crippen LogP contribution in [-0.2, 0) is 0 Å². The molecule has 0 atom stereocenters. The number of nitrogens with zero attached hydrogens (tertiary/aromatic N) is 1. The van der Waals surface area contributed by atoms with E-state index in [1.54, 1.807) is 0 Å². The van der Waals surface area contributed by atoms with Crippen molar-refractivity contribution in [3.8, 4) is 27.9 Å². The zero-order valence-corrected chi connectivity index (χ0v) is 22.9. The van der Waals surface area contributed by atoms with E-state index < -0.39 is 0 Å². The van der Waals surface area contributed by atoms with E-state index in [1.807, 2.05) is 0 Å². The van der Waals surface area contributed by atoms with Gasteiger partial charge in [0.25, 0.3) is 0 Å². The molecular formula is C40H26N2. The van der Waals surface area contributed by atoms with Crippen molar-refractivity contribution < 1.29 is 0 Å². The molecule has 0 aliphatic heterocycles. The van der Waals surface area contributed by atoms with E-state index >= 15 is 0 Å². The summed E-state index contributed by atoms with van der Waals surface area (Å²) in [5.41, 5.74) is 10.8. The first-order valence-corrected chi connectivity index (χ1v) is 14.5. The maximum absolute atomic E-state index is 3.74. The minimum atomic E-state index is 1.16. The lowest BCUT2D eigenvalue weighted by Gasteiger charge is -2.11. The second kappa shape index (κ2) is 8.95. The van der Waals surface area contributed by atoms with Crippen molar-refractivity contribution in [1.29, 1.82) is 0 Å². The number of para-hydroxylation sites is 1. The first-order valence-electron chi connectivity index (χ1n) is 14.5. The third-order valence-corrected chi connectivity index (χ3v) is 8.72. The second-order valence-corrected chi connectivity index (χ2v) is 11.1. The van der Waals surface area contributed by atoms with Crippen molar-refractivity contribution in [3.05, 3.63) is 152 Å². The largest absolute Gasteiger partial charge is 0.354 e. The first-order chi connectivity index (χ1) is 20.8. The smallest absolute Gasteiger partial charge is 0.0547 e. The van der Waals surface area contributed by atoms with Crippen LogP contribution in [0.2, 0.25) is 0 Å². The number of benzene rings is 7. The zero-order valence-electron chi connectivity index (χ0n) is 22.9. The summed E-state index contributed by atoms with van der Waals surface area (Å²) in [7, 11) is 0. The maximum atomic E-state index is 3.74. The topological polar surface area (TPSA) is 20.7 Å². The Bertz CT molecular complexity index is 2460. The maximum Gasteiger partial charge on any atom is 0.0547 e. The fraction of sp³-hybridized carbons (Fsp3) is 0. The van der Waals surface area contributed by atoms with Gasteiger partial charge in [-0.15, -0.1) is 0 Å². The van der Waals surface area contributed by atoms with Gasteiger partial charge in [0.05, 0.1) is 16.6 Å². The molecule has 196 valence electrons. The minimum absolute atomic E-state index is 1.16. The van der Waals surface area contributed by atoms with E-state index in [2.05, 4.69) is 161 Å². The highest BCUT2D eigenvalue weighted by Gasteiger charge is 2.16. The summed E-state index contributed by atoms with van der Waals surface area (Å²) in [6.07, 6.45) is 0. The lowest BCUT2D eigenvalue weighted by Crippen LogP contribution is -1.94. The van der Waals surface area contributed by atoms with Crippen LogP contribution in [0.1, 0.15) is 0 Å². The van der Waals surface area contributed by atoms with Crippen LogP contribution in [0, 0.1) is 0 Å². The molecule has 0 aliphatic rings. The van der Waals surface area contributed by atoms with Crippen molar-refractivity contribution in [2.45, 2.75) is 0 Å². The van der Waals surface area contributed by atoms with E-state index in [9.17, 15) is 0 Å². The molecule has 0 unspecified atom stereocenters. The summed E-state index contributed by atoms with van der Waals surface area (Å²) in [6, 6.07) is 54.9. The predicted molar refractivity (Wildman–Crippen MR) is 179 cm³/mol. The predicted octanol–water partition coefficient (Wildman–Crippen LogP) is 10.9. The normalized spacial score (nSPS) is 11.8. The Balaban J connectivity index is 1.31. The Labute approximate surface area is 243 Å². The molecule has 0 saturated carbocycles. The molecule has 0 aliphatic carbocycles. The van der Waals surface area contributed by atoms with Gasteiger partial charge in [0, 0.05) is 38.1 Å². The molecule has 2 heterocycles. The van der Waals surface area contributed by atoms with Crippen molar-refractivity contribution in [2.75, 3.05) is 0 Å². The Hall–Kier alpha value is -5.60. The van der Waals surface area contributed by atoms with Crippen LogP contribution < -0.4 is 0 Å². The van der Waals surface area contributed by atoms with Gasteiger partial charge in [0.15, 0.2) is 0 Å². The second-order valence-electron chi connectivity index (χ2n) is 11.1. The fourth-order valence-electron chi connectivity index (χ4n) is 6.81.